The molecule has 1 rings (SSSR count). The van der Waals surface area contributed by atoms with Crippen LogP contribution >= 0.6 is 23.2 Å². The van der Waals surface area contributed by atoms with Gasteiger partial charge in [-0.3, -0.25) is 0 Å². The summed E-state index contributed by atoms with van der Waals surface area (Å²) in [6.07, 6.45) is 0.435. The highest BCUT2D eigenvalue weighted by Crippen LogP contribution is 2.35. The quantitative estimate of drug-likeness (QED) is 0.716. The Morgan fingerprint density at radius 1 is 1.05 bits per heavy atom. The van der Waals surface area contributed by atoms with Gasteiger partial charge >= 0.3 is 0 Å². The number of benzene rings is 1. The second-order valence-corrected chi connectivity index (χ2v) is 9.94. The van der Waals surface area contributed by atoms with Gasteiger partial charge in [-0.15, -0.1) is 23.2 Å². The molecule has 1 aromatic carbocycles. The number of sulfone groups is 1. The molecule has 0 bridgehead atoms. The standard InChI is InChI=1S/C16H24Cl2O2S/c1-13-7-5-6-8-14(13)16(11-17,12-18)9-10-21(19,20)15(2,3)4/h5-8H,9-12H2,1-4H3. The Labute approximate surface area is 138 Å². The maximum atomic E-state index is 12.4. The Hall–Kier alpha value is -0.250. The van der Waals surface area contributed by atoms with Gasteiger partial charge in [-0.1, -0.05) is 24.3 Å². The van der Waals surface area contributed by atoms with Crippen molar-refractivity contribution in [2.45, 2.75) is 44.3 Å². The fraction of sp³-hybridized carbons (Fsp3) is 0.625. The normalized spacial score (nSPS) is 13.4. The molecule has 0 aliphatic carbocycles. The van der Waals surface area contributed by atoms with Gasteiger partial charge in [0.25, 0.3) is 0 Å². The molecule has 0 aromatic heterocycles. The van der Waals surface area contributed by atoms with Crippen molar-refractivity contribution in [3.63, 3.8) is 0 Å². The minimum atomic E-state index is -3.19. The lowest BCUT2D eigenvalue weighted by atomic mass is 9.79. The van der Waals surface area contributed by atoms with Crippen molar-refractivity contribution in [3.8, 4) is 0 Å². The first-order valence-corrected chi connectivity index (χ1v) is 9.72. The molecule has 0 aliphatic heterocycles. The van der Waals surface area contributed by atoms with Gasteiger partial charge in [0.1, 0.15) is 0 Å². The SMILES string of the molecule is Cc1ccccc1C(CCl)(CCl)CCS(=O)(=O)C(C)(C)C. The number of halogens is 2. The van der Waals surface area contributed by atoms with E-state index in [1.807, 2.05) is 31.2 Å². The van der Waals surface area contributed by atoms with Crippen LogP contribution in [0.15, 0.2) is 24.3 Å². The summed E-state index contributed by atoms with van der Waals surface area (Å²) in [7, 11) is -3.19. The van der Waals surface area contributed by atoms with Crippen LogP contribution < -0.4 is 0 Å². The third kappa shape index (κ3) is 4.14. The van der Waals surface area contributed by atoms with Gasteiger partial charge in [-0.2, -0.15) is 0 Å². The van der Waals surface area contributed by atoms with Crippen LogP contribution in [0, 0.1) is 6.92 Å². The van der Waals surface area contributed by atoms with E-state index in [0.717, 1.165) is 11.1 Å². The van der Waals surface area contributed by atoms with Crippen molar-refractivity contribution in [3.05, 3.63) is 35.4 Å². The maximum Gasteiger partial charge on any atom is 0.155 e. The van der Waals surface area contributed by atoms with E-state index in [0.29, 0.717) is 18.2 Å². The molecule has 0 N–H and O–H groups in total. The molecule has 0 saturated carbocycles. The van der Waals surface area contributed by atoms with Gasteiger partial charge in [0.05, 0.1) is 10.5 Å². The Morgan fingerprint density at radius 2 is 1.57 bits per heavy atom. The monoisotopic (exact) mass is 350 g/mol. The van der Waals surface area contributed by atoms with E-state index in [4.69, 9.17) is 23.2 Å². The van der Waals surface area contributed by atoms with Crippen molar-refractivity contribution in [1.82, 2.24) is 0 Å². The van der Waals surface area contributed by atoms with Crippen LogP contribution in [0.1, 0.15) is 38.3 Å². The topological polar surface area (TPSA) is 34.1 Å². The van der Waals surface area contributed by atoms with Crippen LogP contribution in [0.3, 0.4) is 0 Å². The third-order valence-corrected chi connectivity index (χ3v) is 7.64. The second-order valence-electron chi connectivity index (χ2n) is 6.54. The minimum Gasteiger partial charge on any atom is -0.228 e. The zero-order valence-electron chi connectivity index (χ0n) is 13.1. The van der Waals surface area contributed by atoms with Gasteiger partial charge in [0.15, 0.2) is 9.84 Å². The predicted octanol–water partition coefficient (Wildman–Crippen LogP) is 4.31. The Bertz CT molecular complexity index is 570. The number of hydrogen-bond donors (Lipinski definition) is 0. The molecule has 0 heterocycles. The molecule has 1 aromatic rings. The lowest BCUT2D eigenvalue weighted by Crippen LogP contribution is -2.37. The first-order chi connectivity index (χ1) is 9.59. The fourth-order valence-corrected chi connectivity index (χ4v) is 4.36. The Balaban J connectivity index is 3.12. The summed E-state index contributed by atoms with van der Waals surface area (Å²) in [5, 5.41) is 0. The lowest BCUT2D eigenvalue weighted by molar-refractivity contribution is 0.500. The average Bonchev–Trinajstić information content (AvgIpc) is 2.41. The zero-order chi connectivity index (χ0) is 16.3. The summed E-state index contributed by atoms with van der Waals surface area (Å²) >= 11 is 12.4. The molecular weight excluding hydrogens is 327 g/mol. The van der Waals surface area contributed by atoms with Crippen molar-refractivity contribution in [2.75, 3.05) is 17.5 Å². The minimum absolute atomic E-state index is 0.0876. The van der Waals surface area contributed by atoms with Gasteiger partial charge in [-0.25, -0.2) is 8.42 Å². The summed E-state index contributed by atoms with van der Waals surface area (Å²) < 4.78 is 24.0. The highest BCUT2D eigenvalue weighted by atomic mass is 35.5. The Kier molecular flexibility index (Phi) is 6.17. The zero-order valence-corrected chi connectivity index (χ0v) is 15.4. The van der Waals surface area contributed by atoms with E-state index >= 15 is 0 Å². The fourth-order valence-electron chi connectivity index (χ4n) is 2.25. The van der Waals surface area contributed by atoms with E-state index in [2.05, 4.69) is 0 Å². The van der Waals surface area contributed by atoms with Crippen molar-refractivity contribution < 1.29 is 8.42 Å². The molecule has 0 spiro atoms. The van der Waals surface area contributed by atoms with E-state index < -0.39 is 20.0 Å². The van der Waals surface area contributed by atoms with Crippen LogP contribution in [0.2, 0.25) is 0 Å². The largest absolute Gasteiger partial charge is 0.228 e. The Morgan fingerprint density at radius 3 is 2.00 bits per heavy atom. The van der Waals surface area contributed by atoms with Crippen LogP contribution in [-0.4, -0.2) is 30.7 Å². The molecule has 0 radical (unpaired) electrons. The summed E-state index contributed by atoms with van der Waals surface area (Å²) in [5.74, 6) is 0.701. The second kappa shape index (κ2) is 6.89. The molecular formula is C16H24Cl2O2S. The number of aryl methyl sites for hydroxylation is 1. The summed E-state index contributed by atoms with van der Waals surface area (Å²) in [6, 6.07) is 7.89. The van der Waals surface area contributed by atoms with Crippen LogP contribution in [0.5, 0.6) is 0 Å². The molecule has 0 saturated heterocycles. The molecule has 5 heteroatoms. The molecule has 2 nitrogen and oxygen atoms in total. The van der Waals surface area contributed by atoms with Gasteiger partial charge in [-0.05, 0) is 45.2 Å². The third-order valence-electron chi connectivity index (χ3n) is 4.01. The summed E-state index contributed by atoms with van der Waals surface area (Å²) in [4.78, 5) is 0. The molecule has 0 unspecified atom stereocenters. The highest BCUT2D eigenvalue weighted by molar-refractivity contribution is 7.92. The van der Waals surface area contributed by atoms with Gasteiger partial charge in [0, 0.05) is 17.2 Å². The van der Waals surface area contributed by atoms with Crippen LogP contribution in [-0.2, 0) is 15.3 Å². The smallest absolute Gasteiger partial charge is 0.155 e. The van der Waals surface area contributed by atoms with Gasteiger partial charge in [0.2, 0.25) is 0 Å². The molecule has 0 fully saturated rings. The molecule has 21 heavy (non-hydrogen) atoms. The number of rotatable bonds is 6. The average molecular weight is 351 g/mol. The lowest BCUT2D eigenvalue weighted by Gasteiger charge is -2.33. The van der Waals surface area contributed by atoms with E-state index in [-0.39, 0.29) is 5.75 Å². The first-order valence-electron chi connectivity index (χ1n) is 7.00. The van der Waals surface area contributed by atoms with Gasteiger partial charge < -0.3 is 0 Å². The molecule has 120 valence electrons. The van der Waals surface area contributed by atoms with E-state index in [1.54, 1.807) is 20.8 Å². The molecule has 0 amide bonds. The predicted molar refractivity (Wildman–Crippen MR) is 92.5 cm³/mol. The maximum absolute atomic E-state index is 12.4. The molecule has 0 atom stereocenters. The highest BCUT2D eigenvalue weighted by Gasteiger charge is 2.36. The number of alkyl halides is 2. The van der Waals surface area contributed by atoms with Crippen molar-refractivity contribution in [1.29, 1.82) is 0 Å². The number of hydrogen-bond acceptors (Lipinski definition) is 2. The van der Waals surface area contributed by atoms with Crippen molar-refractivity contribution in [2.24, 2.45) is 0 Å². The van der Waals surface area contributed by atoms with Crippen LogP contribution in [0.4, 0.5) is 0 Å². The van der Waals surface area contributed by atoms with Crippen molar-refractivity contribution >= 4 is 33.0 Å². The van der Waals surface area contributed by atoms with Crippen LogP contribution in [0.25, 0.3) is 0 Å². The summed E-state index contributed by atoms with van der Waals surface area (Å²) in [5.41, 5.74) is 1.62. The van der Waals surface area contributed by atoms with E-state index in [9.17, 15) is 8.42 Å². The summed E-state index contributed by atoms with van der Waals surface area (Å²) in [6.45, 7) is 7.17. The van der Waals surface area contributed by atoms with E-state index in [1.165, 1.54) is 0 Å². The molecule has 0 aliphatic rings. The first kappa shape index (κ1) is 18.8.